The van der Waals surface area contributed by atoms with Gasteiger partial charge in [-0.25, -0.2) is 25.9 Å². The van der Waals surface area contributed by atoms with Gasteiger partial charge in [0.15, 0.2) is 0 Å². The van der Waals surface area contributed by atoms with Crippen molar-refractivity contribution in [2.45, 2.75) is 40.8 Å². The molecule has 0 bridgehead atoms. The smallest absolute Gasteiger partial charge is 0.252 e. The van der Waals surface area contributed by atoms with Crippen molar-refractivity contribution in [1.29, 1.82) is 0 Å². The summed E-state index contributed by atoms with van der Waals surface area (Å²) in [4.78, 5) is -0.285. The third-order valence-electron chi connectivity index (χ3n) is 4.82. The first-order valence-electron chi connectivity index (χ1n) is 9.14. The third-order valence-corrected chi connectivity index (χ3v) is 9.62. The lowest BCUT2D eigenvalue weighted by Crippen LogP contribution is -2.44. The molecule has 1 saturated heterocycles. The van der Waals surface area contributed by atoms with Crippen LogP contribution in [-0.2, 0) is 20.0 Å². The second kappa shape index (κ2) is 9.09. The van der Waals surface area contributed by atoms with Gasteiger partial charge in [-0.05, 0) is 48.9 Å². The van der Waals surface area contributed by atoms with Crippen LogP contribution in [0.5, 0.6) is 5.75 Å². The SMILES string of the molecule is COc1ccc(F)cc1S(=O)(=O)NCCC1CCCCN1S(=O)(=O)c1cccs1. The maximum Gasteiger partial charge on any atom is 0.252 e. The van der Waals surface area contributed by atoms with Crippen LogP contribution in [-0.4, -0.2) is 47.4 Å². The molecule has 1 unspecified atom stereocenters. The van der Waals surface area contributed by atoms with E-state index in [9.17, 15) is 21.2 Å². The zero-order chi connectivity index (χ0) is 21.1. The average molecular weight is 463 g/mol. The van der Waals surface area contributed by atoms with Crippen molar-refractivity contribution in [1.82, 2.24) is 9.03 Å². The standard InChI is InChI=1S/C18H23FN2O5S3/c1-26-16-8-7-14(19)13-17(16)28(22,23)20-10-9-15-5-2-3-11-21(15)29(24,25)18-6-4-12-27-18/h4,6-8,12-13,15,20H,2-3,5,9-11H2,1H3. The Balaban J connectivity index is 1.71. The van der Waals surface area contributed by atoms with E-state index < -0.39 is 25.9 Å². The maximum atomic E-state index is 13.5. The van der Waals surface area contributed by atoms with Crippen LogP contribution >= 0.6 is 11.3 Å². The summed E-state index contributed by atoms with van der Waals surface area (Å²) in [6.07, 6.45) is 2.63. The van der Waals surface area contributed by atoms with Crippen LogP contribution in [0.4, 0.5) is 4.39 Å². The van der Waals surface area contributed by atoms with E-state index >= 15 is 0 Å². The summed E-state index contributed by atoms with van der Waals surface area (Å²) in [7, 11) is -6.29. The second-order valence-electron chi connectivity index (χ2n) is 6.68. The number of hydrogen-bond donors (Lipinski definition) is 1. The molecule has 1 aliphatic rings. The first-order chi connectivity index (χ1) is 13.8. The van der Waals surface area contributed by atoms with Gasteiger partial charge in [0, 0.05) is 19.1 Å². The molecule has 2 aromatic rings. The van der Waals surface area contributed by atoms with E-state index in [1.165, 1.54) is 28.8 Å². The number of nitrogens with zero attached hydrogens (tertiary/aromatic N) is 1. The van der Waals surface area contributed by atoms with Crippen LogP contribution in [0.2, 0.25) is 0 Å². The molecule has 1 aliphatic heterocycles. The summed E-state index contributed by atoms with van der Waals surface area (Å²) in [5.74, 6) is -0.648. The topological polar surface area (TPSA) is 92.8 Å². The van der Waals surface area contributed by atoms with E-state index in [2.05, 4.69) is 4.72 Å². The van der Waals surface area contributed by atoms with Gasteiger partial charge in [0.1, 0.15) is 20.7 Å². The van der Waals surface area contributed by atoms with Crippen LogP contribution in [0, 0.1) is 5.82 Å². The number of hydrogen-bond acceptors (Lipinski definition) is 6. The van der Waals surface area contributed by atoms with Gasteiger partial charge >= 0.3 is 0 Å². The number of methoxy groups -OCH3 is 1. The van der Waals surface area contributed by atoms with Gasteiger partial charge in [-0.2, -0.15) is 4.31 Å². The molecule has 7 nitrogen and oxygen atoms in total. The molecule has 0 radical (unpaired) electrons. The molecule has 1 N–H and O–H groups in total. The largest absolute Gasteiger partial charge is 0.495 e. The Labute approximate surface area is 174 Å². The number of piperidine rings is 1. The molecule has 0 saturated carbocycles. The summed E-state index contributed by atoms with van der Waals surface area (Å²) >= 11 is 1.17. The van der Waals surface area contributed by atoms with Crippen molar-refractivity contribution in [3.05, 3.63) is 41.5 Å². The highest BCUT2D eigenvalue weighted by Crippen LogP contribution is 2.29. The van der Waals surface area contributed by atoms with E-state index in [0.717, 1.165) is 25.0 Å². The minimum Gasteiger partial charge on any atom is -0.495 e. The normalized spacial score (nSPS) is 18.6. The summed E-state index contributed by atoms with van der Waals surface area (Å²) in [5, 5.41) is 1.71. The van der Waals surface area contributed by atoms with Gasteiger partial charge in [-0.1, -0.05) is 12.5 Å². The molecular weight excluding hydrogens is 439 g/mol. The lowest BCUT2D eigenvalue weighted by molar-refractivity contribution is 0.242. The van der Waals surface area contributed by atoms with Crippen LogP contribution in [0.25, 0.3) is 0 Å². The highest BCUT2D eigenvalue weighted by Gasteiger charge is 2.34. The Morgan fingerprint density at radius 3 is 2.72 bits per heavy atom. The number of rotatable bonds is 8. The summed E-state index contributed by atoms with van der Waals surface area (Å²) in [6, 6.07) is 6.23. The fraction of sp³-hybridized carbons (Fsp3) is 0.444. The monoisotopic (exact) mass is 462 g/mol. The number of halogens is 1. The second-order valence-corrected chi connectivity index (χ2v) is 11.5. The van der Waals surface area contributed by atoms with Crippen LogP contribution < -0.4 is 9.46 Å². The van der Waals surface area contributed by atoms with Crippen molar-refractivity contribution < 1.29 is 26.0 Å². The summed E-state index contributed by atoms with van der Waals surface area (Å²) < 4.78 is 73.7. The summed E-state index contributed by atoms with van der Waals surface area (Å²) in [6.45, 7) is 0.443. The Morgan fingerprint density at radius 2 is 2.03 bits per heavy atom. The Hall–Kier alpha value is -1.53. The molecule has 1 aromatic carbocycles. The molecule has 2 heterocycles. The van der Waals surface area contributed by atoms with E-state index in [1.807, 2.05) is 0 Å². The molecule has 0 aliphatic carbocycles. The van der Waals surface area contributed by atoms with Gasteiger partial charge in [-0.3, -0.25) is 0 Å². The minimum absolute atomic E-state index is 0.0309. The van der Waals surface area contributed by atoms with Crippen molar-refractivity contribution in [3.8, 4) is 5.75 Å². The Bertz CT molecular complexity index is 1040. The molecule has 0 amide bonds. The minimum atomic E-state index is -4.00. The molecule has 1 fully saturated rings. The lowest BCUT2D eigenvalue weighted by Gasteiger charge is -2.34. The number of ether oxygens (including phenoxy) is 1. The Morgan fingerprint density at radius 1 is 1.24 bits per heavy atom. The first-order valence-corrected chi connectivity index (χ1v) is 12.9. The molecule has 11 heteroatoms. The average Bonchev–Trinajstić information content (AvgIpc) is 3.24. The van der Waals surface area contributed by atoms with Gasteiger partial charge in [0.25, 0.3) is 10.0 Å². The van der Waals surface area contributed by atoms with Gasteiger partial charge < -0.3 is 4.74 Å². The van der Waals surface area contributed by atoms with Crippen LogP contribution in [0.15, 0.2) is 44.8 Å². The van der Waals surface area contributed by atoms with Crippen molar-refractivity contribution >= 4 is 31.4 Å². The highest BCUT2D eigenvalue weighted by atomic mass is 32.2. The van der Waals surface area contributed by atoms with Crippen molar-refractivity contribution in [3.63, 3.8) is 0 Å². The fourth-order valence-corrected chi connectivity index (χ4v) is 7.47. The van der Waals surface area contributed by atoms with Crippen molar-refractivity contribution in [2.75, 3.05) is 20.2 Å². The zero-order valence-electron chi connectivity index (χ0n) is 15.9. The zero-order valence-corrected chi connectivity index (χ0v) is 18.3. The van der Waals surface area contributed by atoms with Gasteiger partial charge in [0.2, 0.25) is 10.0 Å². The molecule has 0 spiro atoms. The molecule has 29 heavy (non-hydrogen) atoms. The Kier molecular flexibility index (Phi) is 6.94. The van der Waals surface area contributed by atoms with E-state index in [-0.39, 0.29) is 27.4 Å². The highest BCUT2D eigenvalue weighted by molar-refractivity contribution is 7.91. The predicted octanol–water partition coefficient (Wildman–Crippen LogP) is 2.81. The number of sulfonamides is 2. The van der Waals surface area contributed by atoms with Crippen molar-refractivity contribution in [2.24, 2.45) is 0 Å². The van der Waals surface area contributed by atoms with Gasteiger partial charge in [0.05, 0.1) is 7.11 Å². The number of benzene rings is 1. The predicted molar refractivity (Wildman–Crippen MR) is 109 cm³/mol. The van der Waals surface area contributed by atoms with E-state index in [0.29, 0.717) is 19.4 Å². The molecule has 160 valence electrons. The van der Waals surface area contributed by atoms with Crippen LogP contribution in [0.1, 0.15) is 25.7 Å². The molecule has 1 aromatic heterocycles. The molecular formula is C18H23FN2O5S3. The fourth-order valence-electron chi connectivity index (χ4n) is 3.40. The maximum absolute atomic E-state index is 13.5. The quantitative estimate of drug-likeness (QED) is 0.651. The van der Waals surface area contributed by atoms with E-state index in [4.69, 9.17) is 4.74 Å². The third kappa shape index (κ3) is 4.97. The van der Waals surface area contributed by atoms with Crippen LogP contribution in [0.3, 0.4) is 0 Å². The number of thiophene rings is 1. The first kappa shape index (κ1) is 22.2. The molecule has 3 rings (SSSR count). The molecule has 1 atom stereocenters. The van der Waals surface area contributed by atoms with E-state index in [1.54, 1.807) is 17.5 Å². The summed E-state index contributed by atoms with van der Waals surface area (Å²) in [5.41, 5.74) is 0. The lowest BCUT2D eigenvalue weighted by atomic mass is 10.0. The van der Waals surface area contributed by atoms with Gasteiger partial charge in [-0.15, -0.1) is 11.3 Å². The number of nitrogens with one attached hydrogen (secondary N) is 1.